The molecular formula is C30H29FN2O6. The third kappa shape index (κ3) is 4.45. The minimum atomic E-state index is -0.791. The van der Waals surface area contributed by atoms with Gasteiger partial charge in [-0.3, -0.25) is 0 Å². The summed E-state index contributed by atoms with van der Waals surface area (Å²) in [5.74, 6) is 0.836. The molecule has 0 spiro atoms. The average molecular weight is 533 g/mol. The van der Waals surface area contributed by atoms with Crippen LogP contribution in [0.25, 0.3) is 33.4 Å². The molecule has 4 aromatic rings. The van der Waals surface area contributed by atoms with Gasteiger partial charge in [-0.25, -0.2) is 9.37 Å². The Kier molecular flexibility index (Phi) is 6.04. The number of aromatic amines is 1. The van der Waals surface area contributed by atoms with Crippen molar-refractivity contribution in [1.82, 2.24) is 9.97 Å². The zero-order valence-corrected chi connectivity index (χ0v) is 21.4. The summed E-state index contributed by atoms with van der Waals surface area (Å²) >= 11 is 0. The van der Waals surface area contributed by atoms with Crippen molar-refractivity contribution in [2.24, 2.45) is 0 Å². The molecule has 5 atom stereocenters. The smallest absolute Gasteiger partial charge is 0.193 e. The van der Waals surface area contributed by atoms with Crippen LogP contribution in [0.5, 0.6) is 11.6 Å². The molecule has 0 aliphatic carbocycles. The summed E-state index contributed by atoms with van der Waals surface area (Å²) in [6, 6.07) is 18.8. The molecule has 3 aliphatic heterocycles. The maximum absolute atomic E-state index is 15.1. The molecule has 2 N–H and O–H groups in total. The first-order valence-electron chi connectivity index (χ1n) is 13.2. The molecule has 2 aromatic carbocycles. The Bertz CT molecular complexity index is 1480. The van der Waals surface area contributed by atoms with Crippen LogP contribution in [-0.2, 0) is 14.2 Å². The van der Waals surface area contributed by atoms with E-state index in [9.17, 15) is 5.11 Å². The van der Waals surface area contributed by atoms with E-state index in [0.29, 0.717) is 29.1 Å². The summed E-state index contributed by atoms with van der Waals surface area (Å²) in [5.41, 5.74) is 3.32. The molecule has 0 bridgehead atoms. The molecule has 3 fully saturated rings. The normalized spacial score (nSPS) is 28.2. The van der Waals surface area contributed by atoms with E-state index in [2.05, 4.69) is 9.97 Å². The predicted octanol–water partition coefficient (Wildman–Crippen LogP) is 4.50. The molecule has 39 heavy (non-hydrogen) atoms. The van der Waals surface area contributed by atoms with Gasteiger partial charge < -0.3 is 33.8 Å². The van der Waals surface area contributed by atoms with E-state index in [0.717, 1.165) is 29.9 Å². The van der Waals surface area contributed by atoms with Gasteiger partial charge in [-0.2, -0.15) is 0 Å². The number of ether oxygens (including phenoxy) is 5. The first kappa shape index (κ1) is 24.5. The van der Waals surface area contributed by atoms with Gasteiger partial charge in [0.05, 0.1) is 37.5 Å². The van der Waals surface area contributed by atoms with E-state index in [1.54, 1.807) is 6.07 Å². The second-order valence-electron chi connectivity index (χ2n) is 10.5. The van der Waals surface area contributed by atoms with Gasteiger partial charge in [0, 0.05) is 24.1 Å². The fourth-order valence-corrected chi connectivity index (χ4v) is 5.60. The number of pyridine rings is 1. The lowest BCUT2D eigenvalue weighted by molar-refractivity contribution is -0.0621. The number of H-pyrrole nitrogens is 1. The van der Waals surface area contributed by atoms with Gasteiger partial charge in [0.1, 0.15) is 35.4 Å². The lowest BCUT2D eigenvalue weighted by Crippen LogP contribution is -2.45. The van der Waals surface area contributed by atoms with Gasteiger partial charge in [-0.05, 0) is 30.2 Å². The van der Waals surface area contributed by atoms with Crippen molar-refractivity contribution in [2.45, 2.75) is 43.4 Å². The first-order valence-corrected chi connectivity index (χ1v) is 13.2. The van der Waals surface area contributed by atoms with E-state index in [1.807, 2.05) is 55.5 Å². The molecule has 7 rings (SSSR count). The van der Waals surface area contributed by atoms with Crippen molar-refractivity contribution < 1.29 is 33.2 Å². The first-order chi connectivity index (χ1) is 19.0. The third-order valence-corrected chi connectivity index (χ3v) is 7.90. The number of aromatic nitrogens is 2. The van der Waals surface area contributed by atoms with Crippen molar-refractivity contribution in [3.8, 4) is 34.0 Å². The Morgan fingerprint density at radius 3 is 2.46 bits per heavy atom. The second kappa shape index (κ2) is 9.60. The number of aliphatic hydroxyl groups excluding tert-OH is 1. The zero-order chi connectivity index (χ0) is 26.6. The third-order valence-electron chi connectivity index (χ3n) is 7.90. The quantitative estimate of drug-likeness (QED) is 0.378. The predicted molar refractivity (Wildman–Crippen MR) is 141 cm³/mol. The monoisotopic (exact) mass is 532 g/mol. The fourth-order valence-electron chi connectivity index (χ4n) is 5.60. The second-order valence-corrected chi connectivity index (χ2v) is 10.5. The zero-order valence-electron chi connectivity index (χ0n) is 21.4. The van der Waals surface area contributed by atoms with Crippen molar-refractivity contribution in [1.29, 1.82) is 0 Å². The maximum atomic E-state index is 15.1. The Morgan fingerprint density at radius 2 is 1.72 bits per heavy atom. The van der Waals surface area contributed by atoms with Crippen molar-refractivity contribution in [2.75, 3.05) is 26.4 Å². The van der Waals surface area contributed by atoms with Crippen LogP contribution in [0.15, 0.2) is 60.7 Å². The van der Waals surface area contributed by atoms with Gasteiger partial charge in [0.25, 0.3) is 0 Å². The molecule has 0 amide bonds. The summed E-state index contributed by atoms with van der Waals surface area (Å²) in [6.45, 7) is 3.70. The van der Waals surface area contributed by atoms with E-state index < -0.39 is 23.6 Å². The molecule has 9 heteroatoms. The van der Waals surface area contributed by atoms with Crippen LogP contribution in [0.2, 0.25) is 0 Å². The van der Waals surface area contributed by atoms with E-state index in [1.165, 1.54) is 6.07 Å². The molecule has 3 aliphatic rings. The minimum Gasteiger partial charge on any atom is -0.488 e. The summed E-state index contributed by atoms with van der Waals surface area (Å²) in [5, 5.41) is 10.2. The highest BCUT2D eigenvalue weighted by Crippen LogP contribution is 2.39. The Morgan fingerprint density at radius 1 is 0.974 bits per heavy atom. The van der Waals surface area contributed by atoms with Crippen LogP contribution in [0.4, 0.5) is 4.39 Å². The number of halogens is 1. The van der Waals surface area contributed by atoms with Gasteiger partial charge in [-0.1, -0.05) is 36.4 Å². The highest BCUT2D eigenvalue weighted by Gasteiger charge is 2.57. The number of benzene rings is 2. The van der Waals surface area contributed by atoms with Crippen LogP contribution in [0, 0.1) is 5.82 Å². The number of fused-ring (bicyclic) bond motifs is 2. The number of rotatable bonds is 6. The Hall–Kier alpha value is -3.50. The molecule has 0 radical (unpaired) electrons. The Labute approximate surface area is 224 Å². The Balaban J connectivity index is 1.07. The number of hydrogen-bond donors (Lipinski definition) is 2. The van der Waals surface area contributed by atoms with Gasteiger partial charge in [-0.15, -0.1) is 0 Å². The van der Waals surface area contributed by atoms with E-state index in [-0.39, 0.29) is 31.1 Å². The molecule has 0 saturated carbocycles. The SMILES string of the molecule is C[C@]12OC[C@@H](Oc3cc4nc(-c5ccc(-c6ccc(O[C@H]7CCOC7)cc6)cc5)c(F)cc4[nH]3)[C@H]1OC[C@H]2O. The molecule has 3 saturated heterocycles. The topological polar surface area (TPSA) is 95.1 Å². The molecule has 202 valence electrons. The van der Waals surface area contributed by atoms with Gasteiger partial charge in [0.2, 0.25) is 0 Å². The standard InChI is InChI=1S/C30H29FN2O6/c1-30-26(34)16-36-29(30)25(15-37-30)39-27-13-24-23(32-27)12-22(31)28(33-24)19-4-2-17(3-5-19)18-6-8-20(9-7-18)38-21-10-11-35-14-21/h2-9,12-13,21,25-26,29,32,34H,10-11,14-16H2,1H3/t21-,25+,26+,29+,30+/m0/s1. The summed E-state index contributed by atoms with van der Waals surface area (Å²) in [6.07, 6.45) is -0.460. The fraction of sp³-hybridized carbons (Fsp3) is 0.367. The summed E-state index contributed by atoms with van der Waals surface area (Å²) < 4.78 is 44.0. The van der Waals surface area contributed by atoms with Crippen LogP contribution in [0.3, 0.4) is 0 Å². The highest BCUT2D eigenvalue weighted by atomic mass is 19.1. The number of nitrogens with zero attached hydrogens (tertiary/aromatic N) is 1. The number of nitrogens with one attached hydrogen (secondary N) is 1. The van der Waals surface area contributed by atoms with Crippen molar-refractivity contribution in [3.05, 3.63) is 66.5 Å². The average Bonchev–Trinajstić information content (AvgIpc) is 3.72. The lowest BCUT2D eigenvalue weighted by atomic mass is 9.95. The molecule has 5 heterocycles. The minimum absolute atomic E-state index is 0.111. The van der Waals surface area contributed by atoms with E-state index >= 15 is 4.39 Å². The largest absolute Gasteiger partial charge is 0.488 e. The van der Waals surface area contributed by atoms with Crippen LogP contribution in [-0.4, -0.2) is 71.5 Å². The van der Waals surface area contributed by atoms with Crippen LogP contribution >= 0.6 is 0 Å². The summed E-state index contributed by atoms with van der Waals surface area (Å²) in [7, 11) is 0. The molecule has 2 aromatic heterocycles. The van der Waals surface area contributed by atoms with Crippen LogP contribution in [0.1, 0.15) is 13.3 Å². The summed E-state index contributed by atoms with van der Waals surface area (Å²) in [4.78, 5) is 7.67. The van der Waals surface area contributed by atoms with Gasteiger partial charge >= 0.3 is 0 Å². The number of hydrogen-bond acceptors (Lipinski definition) is 7. The van der Waals surface area contributed by atoms with E-state index in [4.69, 9.17) is 23.7 Å². The molecule has 8 nitrogen and oxygen atoms in total. The molecular weight excluding hydrogens is 503 g/mol. The highest BCUT2D eigenvalue weighted by molar-refractivity contribution is 5.81. The van der Waals surface area contributed by atoms with Crippen molar-refractivity contribution in [3.63, 3.8) is 0 Å². The van der Waals surface area contributed by atoms with Crippen LogP contribution < -0.4 is 9.47 Å². The van der Waals surface area contributed by atoms with Crippen molar-refractivity contribution >= 4 is 11.0 Å². The number of aliphatic hydroxyl groups is 1. The maximum Gasteiger partial charge on any atom is 0.193 e. The van der Waals surface area contributed by atoms with Gasteiger partial charge in [0.15, 0.2) is 17.8 Å². The molecule has 0 unspecified atom stereocenters. The lowest BCUT2D eigenvalue weighted by Gasteiger charge is -2.25.